The largest absolute Gasteiger partial charge is 0.352 e. The zero-order valence-electron chi connectivity index (χ0n) is 17.5. The minimum Gasteiger partial charge on any atom is -0.352 e. The molecule has 1 fully saturated rings. The smallest absolute Gasteiger partial charge is 0.220 e. The highest BCUT2D eigenvalue weighted by atomic mass is 19.2. The molecule has 31 heavy (non-hydrogen) atoms. The quantitative estimate of drug-likeness (QED) is 0.593. The van der Waals surface area contributed by atoms with Crippen LogP contribution in [0.5, 0.6) is 0 Å². The summed E-state index contributed by atoms with van der Waals surface area (Å²) in [7, 11) is 0. The number of pyridine rings is 1. The number of fused-ring (bicyclic) bond motifs is 1. The summed E-state index contributed by atoms with van der Waals surface area (Å²) in [5.74, 6) is -1.34. The Kier molecular flexibility index (Phi) is 6.87. The lowest BCUT2D eigenvalue weighted by molar-refractivity contribution is -0.121. The number of likely N-dealkylation sites (tertiary alicyclic amines) is 1. The lowest BCUT2D eigenvalue weighted by Crippen LogP contribution is -2.35. The Morgan fingerprint density at radius 1 is 1.16 bits per heavy atom. The van der Waals surface area contributed by atoms with Crippen LogP contribution in [0.25, 0.3) is 10.8 Å². The molecule has 0 radical (unpaired) electrons. The molecule has 4 nitrogen and oxygen atoms in total. The molecule has 1 aliphatic rings. The van der Waals surface area contributed by atoms with E-state index >= 15 is 0 Å². The van der Waals surface area contributed by atoms with Crippen LogP contribution in [0.15, 0.2) is 54.9 Å². The Morgan fingerprint density at radius 3 is 2.94 bits per heavy atom. The van der Waals surface area contributed by atoms with Gasteiger partial charge in [-0.15, -0.1) is 0 Å². The van der Waals surface area contributed by atoms with Gasteiger partial charge in [-0.1, -0.05) is 24.3 Å². The average Bonchev–Trinajstić information content (AvgIpc) is 2.79. The molecule has 6 heteroatoms. The predicted molar refractivity (Wildman–Crippen MR) is 117 cm³/mol. The van der Waals surface area contributed by atoms with E-state index in [-0.39, 0.29) is 12.5 Å². The molecule has 2 aromatic carbocycles. The van der Waals surface area contributed by atoms with Crippen molar-refractivity contribution in [3.05, 3.63) is 77.6 Å². The normalized spacial score (nSPS) is 17.0. The fourth-order valence-corrected chi connectivity index (χ4v) is 4.37. The second kappa shape index (κ2) is 9.96. The first-order valence-electron chi connectivity index (χ1n) is 10.8. The van der Waals surface area contributed by atoms with E-state index in [1.807, 2.05) is 12.4 Å². The maximum Gasteiger partial charge on any atom is 0.220 e. The molecule has 1 aromatic heterocycles. The Morgan fingerprint density at radius 2 is 2.06 bits per heavy atom. The van der Waals surface area contributed by atoms with E-state index in [9.17, 15) is 13.6 Å². The van der Waals surface area contributed by atoms with Crippen molar-refractivity contribution in [1.29, 1.82) is 0 Å². The van der Waals surface area contributed by atoms with Gasteiger partial charge in [-0.05, 0) is 66.4 Å². The summed E-state index contributed by atoms with van der Waals surface area (Å²) in [5.41, 5.74) is 1.87. The van der Waals surface area contributed by atoms with Crippen molar-refractivity contribution in [2.45, 2.75) is 38.8 Å². The molecule has 2 heterocycles. The van der Waals surface area contributed by atoms with Gasteiger partial charge in [0.15, 0.2) is 11.6 Å². The molecule has 1 unspecified atom stereocenters. The number of nitrogens with one attached hydrogen (secondary N) is 1. The van der Waals surface area contributed by atoms with Gasteiger partial charge in [0.05, 0.1) is 0 Å². The van der Waals surface area contributed by atoms with Crippen LogP contribution in [0.2, 0.25) is 0 Å². The first-order valence-corrected chi connectivity index (χ1v) is 10.8. The number of hydrogen-bond acceptors (Lipinski definition) is 3. The van der Waals surface area contributed by atoms with Gasteiger partial charge in [0.25, 0.3) is 0 Å². The molecule has 162 valence electrons. The number of nitrogens with zero attached hydrogens (tertiary/aromatic N) is 2. The van der Waals surface area contributed by atoms with E-state index in [0.29, 0.717) is 17.9 Å². The number of aromatic nitrogens is 1. The van der Waals surface area contributed by atoms with Crippen molar-refractivity contribution >= 4 is 16.7 Å². The molecule has 1 N–H and O–H groups in total. The summed E-state index contributed by atoms with van der Waals surface area (Å²) >= 11 is 0. The summed E-state index contributed by atoms with van der Waals surface area (Å²) < 4.78 is 26.3. The molecule has 0 aliphatic carbocycles. The third-order valence-corrected chi connectivity index (χ3v) is 6.02. The second-order valence-electron chi connectivity index (χ2n) is 8.32. The van der Waals surface area contributed by atoms with Gasteiger partial charge in [0, 0.05) is 43.8 Å². The lowest BCUT2D eigenvalue weighted by Gasteiger charge is -2.33. The highest BCUT2D eigenvalue weighted by Gasteiger charge is 2.21. The van der Waals surface area contributed by atoms with Crippen LogP contribution in [0.3, 0.4) is 0 Å². The minimum absolute atomic E-state index is 0.0524. The maximum absolute atomic E-state index is 13.3. The molecule has 4 rings (SSSR count). The SMILES string of the molecule is O=C(CCC1CCCN(Cc2cccc3cnccc23)C1)NCc1ccc(F)c(F)c1. The van der Waals surface area contributed by atoms with Crippen LogP contribution in [-0.2, 0) is 17.9 Å². The fourth-order valence-electron chi connectivity index (χ4n) is 4.37. The zero-order valence-corrected chi connectivity index (χ0v) is 17.5. The number of hydrogen-bond donors (Lipinski definition) is 1. The topological polar surface area (TPSA) is 45.2 Å². The van der Waals surface area contributed by atoms with Crippen LogP contribution in [-0.4, -0.2) is 28.9 Å². The first kappa shape index (κ1) is 21.4. The molecular weight excluding hydrogens is 396 g/mol. The van der Waals surface area contributed by atoms with E-state index in [0.717, 1.165) is 56.4 Å². The molecule has 3 aromatic rings. The number of carbonyl (C=O) groups is 1. The van der Waals surface area contributed by atoms with E-state index in [1.54, 1.807) is 0 Å². The average molecular weight is 424 g/mol. The van der Waals surface area contributed by atoms with Crippen LogP contribution < -0.4 is 5.32 Å². The molecule has 1 amide bonds. The highest BCUT2D eigenvalue weighted by molar-refractivity contribution is 5.84. The molecule has 0 spiro atoms. The zero-order chi connectivity index (χ0) is 21.6. The van der Waals surface area contributed by atoms with Gasteiger partial charge in [-0.2, -0.15) is 0 Å². The second-order valence-corrected chi connectivity index (χ2v) is 8.32. The third-order valence-electron chi connectivity index (χ3n) is 6.02. The van der Waals surface area contributed by atoms with Gasteiger partial charge in [0.2, 0.25) is 5.91 Å². The Hall–Kier alpha value is -2.86. The van der Waals surface area contributed by atoms with Gasteiger partial charge in [-0.3, -0.25) is 14.7 Å². The summed E-state index contributed by atoms with van der Waals surface area (Å²) in [6, 6.07) is 12.1. The number of halogens is 2. The number of benzene rings is 2. The van der Waals surface area contributed by atoms with E-state index in [1.165, 1.54) is 17.0 Å². The van der Waals surface area contributed by atoms with Crippen LogP contribution in [0.1, 0.15) is 36.8 Å². The number of rotatable bonds is 7. The summed E-state index contributed by atoms with van der Waals surface area (Å²) in [5, 5.41) is 5.21. The molecular formula is C25H27F2N3O. The van der Waals surface area contributed by atoms with Crippen LogP contribution >= 0.6 is 0 Å². The lowest BCUT2D eigenvalue weighted by atomic mass is 9.92. The number of amides is 1. The third kappa shape index (κ3) is 5.64. The van der Waals surface area contributed by atoms with Crippen molar-refractivity contribution in [3.8, 4) is 0 Å². The Labute approximate surface area is 181 Å². The molecule has 1 aliphatic heterocycles. The first-order chi connectivity index (χ1) is 15.1. The number of piperidine rings is 1. The molecule has 0 bridgehead atoms. The highest BCUT2D eigenvalue weighted by Crippen LogP contribution is 2.25. The molecule has 1 atom stereocenters. The van der Waals surface area contributed by atoms with Gasteiger partial charge in [-0.25, -0.2) is 8.78 Å². The molecule has 1 saturated heterocycles. The van der Waals surface area contributed by atoms with Crippen LogP contribution in [0.4, 0.5) is 8.78 Å². The van der Waals surface area contributed by atoms with Crippen molar-refractivity contribution in [2.75, 3.05) is 13.1 Å². The minimum atomic E-state index is -0.892. The molecule has 0 saturated carbocycles. The van der Waals surface area contributed by atoms with Crippen molar-refractivity contribution in [1.82, 2.24) is 15.2 Å². The van der Waals surface area contributed by atoms with Crippen molar-refractivity contribution in [3.63, 3.8) is 0 Å². The summed E-state index contributed by atoms with van der Waals surface area (Å²) in [6.07, 6.45) is 7.28. The van der Waals surface area contributed by atoms with Gasteiger partial charge >= 0.3 is 0 Å². The van der Waals surface area contributed by atoms with E-state index < -0.39 is 11.6 Å². The van der Waals surface area contributed by atoms with Crippen molar-refractivity contribution < 1.29 is 13.6 Å². The Balaban J connectivity index is 1.26. The summed E-state index contributed by atoms with van der Waals surface area (Å²) in [6.45, 7) is 3.17. The maximum atomic E-state index is 13.3. The predicted octanol–water partition coefficient (Wildman–Crippen LogP) is 4.82. The van der Waals surface area contributed by atoms with Gasteiger partial charge < -0.3 is 5.32 Å². The van der Waals surface area contributed by atoms with E-state index in [2.05, 4.69) is 39.5 Å². The summed E-state index contributed by atoms with van der Waals surface area (Å²) in [4.78, 5) is 18.9. The number of carbonyl (C=O) groups excluding carboxylic acids is 1. The van der Waals surface area contributed by atoms with Crippen LogP contribution in [0, 0.1) is 17.6 Å². The van der Waals surface area contributed by atoms with E-state index in [4.69, 9.17) is 0 Å². The van der Waals surface area contributed by atoms with Crippen molar-refractivity contribution in [2.24, 2.45) is 5.92 Å². The monoisotopic (exact) mass is 423 g/mol. The standard InChI is InChI=1S/C25H27F2N3O/c26-23-8-6-19(13-24(23)27)14-29-25(31)9-7-18-3-2-12-30(16-18)17-21-5-1-4-20-15-28-11-10-22(20)21/h1,4-6,8,10-11,13,15,18H,2-3,7,9,12,14,16-17H2,(H,29,31). The van der Waals surface area contributed by atoms with Gasteiger partial charge in [0.1, 0.15) is 0 Å². The Bertz CT molecular complexity index is 1050. The fraction of sp³-hybridized carbons (Fsp3) is 0.360.